The standard InChI is InChI=1S/C23H28FN7O2/c1-14-18(24)21(26-13-25-14)27-20-16-11-31(23(2,3)19(16)28-29-20)22(32)33-17(12-30(4)5)15-9-7-6-8-10-15/h6-10,13,17H,11-12H2,1-5H3,(H2,25,26,27,28,29)/t17-/m1/s1. The molecule has 9 nitrogen and oxygen atoms in total. The van der Waals surface area contributed by atoms with Gasteiger partial charge in [0.15, 0.2) is 17.5 Å². The summed E-state index contributed by atoms with van der Waals surface area (Å²) in [5, 5.41) is 10.2. The van der Waals surface area contributed by atoms with E-state index in [0.717, 1.165) is 16.8 Å². The van der Waals surface area contributed by atoms with Crippen LogP contribution in [0.5, 0.6) is 0 Å². The molecule has 1 aliphatic rings. The van der Waals surface area contributed by atoms with E-state index in [0.29, 0.717) is 12.4 Å². The van der Waals surface area contributed by atoms with E-state index in [1.807, 2.05) is 63.2 Å². The number of aromatic nitrogens is 4. The molecule has 1 aliphatic heterocycles. The Kier molecular flexibility index (Phi) is 6.03. The molecule has 3 aromatic rings. The van der Waals surface area contributed by atoms with Crippen LogP contribution in [0.2, 0.25) is 0 Å². The zero-order valence-electron chi connectivity index (χ0n) is 19.4. The van der Waals surface area contributed by atoms with E-state index in [-0.39, 0.29) is 18.1 Å². The van der Waals surface area contributed by atoms with Crippen LogP contribution in [0.15, 0.2) is 36.7 Å². The molecule has 0 radical (unpaired) electrons. The number of hydrogen-bond acceptors (Lipinski definition) is 7. The van der Waals surface area contributed by atoms with Gasteiger partial charge in [-0.2, -0.15) is 5.10 Å². The second-order valence-corrected chi connectivity index (χ2v) is 8.86. The molecule has 1 atom stereocenters. The highest BCUT2D eigenvalue weighted by Crippen LogP contribution is 2.42. The number of nitrogens with zero attached hydrogens (tertiary/aromatic N) is 5. The van der Waals surface area contributed by atoms with Crippen LogP contribution >= 0.6 is 0 Å². The number of carbonyl (C=O) groups excluding carboxylic acids is 1. The largest absolute Gasteiger partial charge is 0.440 e. The molecule has 4 rings (SSSR count). The average molecular weight is 454 g/mol. The van der Waals surface area contributed by atoms with Gasteiger partial charge in [0, 0.05) is 12.1 Å². The van der Waals surface area contributed by atoms with Gasteiger partial charge in [0.1, 0.15) is 12.4 Å². The monoisotopic (exact) mass is 453 g/mol. The summed E-state index contributed by atoms with van der Waals surface area (Å²) in [6.45, 7) is 6.21. The molecular formula is C23H28FN7O2. The van der Waals surface area contributed by atoms with Crippen molar-refractivity contribution in [1.29, 1.82) is 0 Å². The van der Waals surface area contributed by atoms with Gasteiger partial charge in [-0.15, -0.1) is 0 Å². The predicted octanol–water partition coefficient (Wildman–Crippen LogP) is 3.88. The second-order valence-electron chi connectivity index (χ2n) is 8.86. The number of likely N-dealkylation sites (N-methyl/N-ethyl adjacent to an activating group) is 1. The van der Waals surface area contributed by atoms with Gasteiger partial charge < -0.3 is 15.0 Å². The number of H-pyrrole nitrogens is 1. The zero-order valence-corrected chi connectivity index (χ0v) is 19.4. The molecule has 1 amide bonds. The fraction of sp³-hybridized carbons (Fsp3) is 0.391. The lowest BCUT2D eigenvalue weighted by atomic mass is 10.0. The minimum absolute atomic E-state index is 0.0331. The third-order valence-electron chi connectivity index (χ3n) is 5.84. The third-order valence-corrected chi connectivity index (χ3v) is 5.84. The first kappa shape index (κ1) is 22.7. The summed E-state index contributed by atoms with van der Waals surface area (Å²) in [5.74, 6) is -0.0961. The Morgan fingerprint density at radius 1 is 1.27 bits per heavy atom. The normalized spacial score (nSPS) is 15.4. The number of nitrogens with one attached hydrogen (secondary N) is 2. The van der Waals surface area contributed by atoms with Crippen molar-refractivity contribution < 1.29 is 13.9 Å². The molecule has 33 heavy (non-hydrogen) atoms. The van der Waals surface area contributed by atoms with Crippen molar-refractivity contribution in [3.05, 3.63) is 65.0 Å². The summed E-state index contributed by atoms with van der Waals surface area (Å²) >= 11 is 0. The highest BCUT2D eigenvalue weighted by atomic mass is 19.1. The average Bonchev–Trinajstić information content (AvgIpc) is 3.29. The first-order valence-corrected chi connectivity index (χ1v) is 10.7. The number of ether oxygens (including phenoxy) is 1. The Labute approximate surface area is 192 Å². The summed E-state index contributed by atoms with van der Waals surface area (Å²) in [7, 11) is 3.87. The van der Waals surface area contributed by atoms with Crippen LogP contribution in [0.3, 0.4) is 0 Å². The summed E-state index contributed by atoms with van der Waals surface area (Å²) < 4.78 is 20.4. The maximum atomic E-state index is 14.4. The lowest BCUT2D eigenvalue weighted by Gasteiger charge is -2.33. The SMILES string of the molecule is Cc1ncnc(Nc2n[nH]c3c2CN(C(=O)O[C@H](CN(C)C)c2ccccc2)C3(C)C)c1F. The number of benzene rings is 1. The Morgan fingerprint density at radius 2 is 2.00 bits per heavy atom. The van der Waals surface area contributed by atoms with Gasteiger partial charge >= 0.3 is 6.09 Å². The number of rotatable bonds is 6. The number of halogens is 1. The number of fused-ring (bicyclic) bond motifs is 1. The van der Waals surface area contributed by atoms with E-state index < -0.39 is 23.6 Å². The third kappa shape index (κ3) is 4.38. The maximum absolute atomic E-state index is 14.4. The predicted molar refractivity (Wildman–Crippen MR) is 121 cm³/mol. The molecule has 174 valence electrons. The summed E-state index contributed by atoms with van der Waals surface area (Å²) in [5.41, 5.74) is 1.99. The Hall–Kier alpha value is -3.53. The van der Waals surface area contributed by atoms with Crippen LogP contribution in [0.1, 0.15) is 42.5 Å². The Morgan fingerprint density at radius 3 is 2.70 bits per heavy atom. The van der Waals surface area contributed by atoms with Gasteiger partial charge in [-0.25, -0.2) is 19.2 Å². The number of hydrogen-bond donors (Lipinski definition) is 2. The smallest absolute Gasteiger partial charge is 0.411 e. The number of anilines is 2. The van der Waals surface area contributed by atoms with Gasteiger partial charge in [0.25, 0.3) is 0 Å². The minimum Gasteiger partial charge on any atom is -0.440 e. The van der Waals surface area contributed by atoms with Gasteiger partial charge in [0.05, 0.1) is 23.5 Å². The molecule has 0 saturated carbocycles. The quantitative estimate of drug-likeness (QED) is 0.584. The van der Waals surface area contributed by atoms with Gasteiger partial charge in [0.2, 0.25) is 0 Å². The van der Waals surface area contributed by atoms with Crippen LogP contribution in [0.4, 0.5) is 20.8 Å². The molecule has 0 spiro atoms. The summed E-state index contributed by atoms with van der Waals surface area (Å²) in [4.78, 5) is 24.8. The molecular weight excluding hydrogens is 425 g/mol. The van der Waals surface area contributed by atoms with E-state index >= 15 is 0 Å². The molecule has 0 aliphatic carbocycles. The van der Waals surface area contributed by atoms with Crippen LogP contribution in [0.25, 0.3) is 0 Å². The van der Waals surface area contributed by atoms with E-state index in [2.05, 4.69) is 25.5 Å². The fourth-order valence-electron chi connectivity index (χ4n) is 3.96. The Bertz CT molecular complexity index is 1150. The topological polar surface area (TPSA) is 99.3 Å². The minimum atomic E-state index is -0.696. The highest BCUT2D eigenvalue weighted by Gasteiger charge is 2.45. The molecule has 2 N–H and O–H groups in total. The maximum Gasteiger partial charge on any atom is 0.411 e. The Balaban J connectivity index is 1.56. The second kappa shape index (κ2) is 8.78. The molecule has 10 heteroatoms. The summed E-state index contributed by atoms with van der Waals surface area (Å²) in [6.07, 6.45) is 0.433. The van der Waals surface area contributed by atoms with E-state index in [1.165, 1.54) is 6.33 Å². The number of carbonyl (C=O) groups is 1. The van der Waals surface area contributed by atoms with Crippen molar-refractivity contribution in [2.24, 2.45) is 0 Å². The zero-order chi connectivity index (χ0) is 23.8. The number of amides is 1. The number of aryl methyl sites for hydroxylation is 1. The van der Waals surface area contributed by atoms with E-state index in [1.54, 1.807) is 11.8 Å². The lowest BCUT2D eigenvalue weighted by molar-refractivity contribution is 0.0259. The molecule has 3 heterocycles. The first-order chi connectivity index (χ1) is 15.7. The molecule has 0 unspecified atom stereocenters. The van der Waals surface area contributed by atoms with Crippen molar-refractivity contribution in [2.45, 2.75) is 39.0 Å². The van der Waals surface area contributed by atoms with Crippen molar-refractivity contribution in [3.8, 4) is 0 Å². The van der Waals surface area contributed by atoms with E-state index in [4.69, 9.17) is 4.74 Å². The van der Waals surface area contributed by atoms with Gasteiger partial charge in [-0.1, -0.05) is 30.3 Å². The van der Waals surface area contributed by atoms with Crippen LogP contribution in [-0.4, -0.2) is 56.7 Å². The van der Waals surface area contributed by atoms with Crippen molar-refractivity contribution >= 4 is 17.7 Å². The van der Waals surface area contributed by atoms with Crippen LogP contribution in [-0.2, 0) is 16.8 Å². The molecule has 0 saturated heterocycles. The van der Waals surface area contributed by atoms with Gasteiger partial charge in [-0.05, 0) is 40.4 Å². The highest BCUT2D eigenvalue weighted by molar-refractivity contribution is 5.72. The fourth-order valence-corrected chi connectivity index (χ4v) is 3.96. The molecule has 1 aromatic carbocycles. The van der Waals surface area contributed by atoms with Crippen molar-refractivity contribution in [3.63, 3.8) is 0 Å². The molecule has 2 aromatic heterocycles. The van der Waals surface area contributed by atoms with Gasteiger partial charge in [-0.3, -0.25) is 10.00 Å². The van der Waals surface area contributed by atoms with Crippen LogP contribution in [0, 0.1) is 12.7 Å². The lowest BCUT2D eigenvalue weighted by Crippen LogP contribution is -2.42. The number of aromatic amines is 1. The molecule has 0 fully saturated rings. The molecule has 0 bridgehead atoms. The van der Waals surface area contributed by atoms with E-state index in [9.17, 15) is 9.18 Å². The van der Waals surface area contributed by atoms with Crippen LogP contribution < -0.4 is 5.32 Å². The summed E-state index contributed by atoms with van der Waals surface area (Å²) in [6, 6.07) is 9.67. The van der Waals surface area contributed by atoms with Crippen molar-refractivity contribution in [1.82, 2.24) is 30.0 Å². The first-order valence-electron chi connectivity index (χ1n) is 10.7. The van der Waals surface area contributed by atoms with Crippen molar-refractivity contribution in [2.75, 3.05) is 26.0 Å².